The molecule has 5 nitrogen and oxygen atoms in total. The van der Waals surface area contributed by atoms with Gasteiger partial charge in [-0.1, -0.05) is 30.3 Å². The van der Waals surface area contributed by atoms with Crippen LogP contribution in [0.25, 0.3) is 0 Å². The van der Waals surface area contributed by atoms with Crippen LogP contribution in [0.1, 0.15) is 42.0 Å². The average molecular weight is 416 g/mol. The molecule has 1 aliphatic carbocycles. The maximum atomic E-state index is 10.5. The van der Waals surface area contributed by atoms with Gasteiger partial charge in [-0.25, -0.2) is 0 Å². The Bertz CT molecular complexity index is 1170. The predicted molar refractivity (Wildman–Crippen MR) is 115 cm³/mol. The monoisotopic (exact) mass is 416 g/mol. The van der Waals surface area contributed by atoms with Gasteiger partial charge in [-0.05, 0) is 46.9 Å². The van der Waals surface area contributed by atoms with Crippen LogP contribution in [-0.4, -0.2) is 17.0 Å². The molecule has 2 atom stereocenters. The van der Waals surface area contributed by atoms with E-state index in [4.69, 9.17) is 18.9 Å². The van der Waals surface area contributed by atoms with Crippen molar-refractivity contribution >= 4 is 0 Å². The van der Waals surface area contributed by atoms with E-state index in [2.05, 4.69) is 12.1 Å². The van der Waals surface area contributed by atoms with Crippen LogP contribution in [0, 0.1) is 0 Å². The first-order valence-electron chi connectivity index (χ1n) is 10.7. The minimum Gasteiger partial charge on any atom is -0.504 e. The van der Waals surface area contributed by atoms with Crippen LogP contribution in [0.4, 0.5) is 0 Å². The summed E-state index contributed by atoms with van der Waals surface area (Å²) < 4.78 is 24.1. The highest BCUT2D eigenvalue weighted by molar-refractivity contribution is 5.57. The molecule has 3 aromatic carbocycles. The third-order valence-corrected chi connectivity index (χ3v) is 6.28. The number of phenols is 1. The van der Waals surface area contributed by atoms with Gasteiger partial charge in [0.2, 0.25) is 5.79 Å². The van der Waals surface area contributed by atoms with Gasteiger partial charge < -0.3 is 24.1 Å². The smallest absolute Gasteiger partial charge is 0.246 e. The minimum absolute atomic E-state index is 0.0598. The zero-order valence-electron chi connectivity index (χ0n) is 17.6. The number of aromatic hydroxyl groups is 1. The Labute approximate surface area is 181 Å². The normalized spacial score (nSPS) is 21.6. The molecule has 3 aliphatic rings. The van der Waals surface area contributed by atoms with Crippen LogP contribution in [0.2, 0.25) is 0 Å². The number of hydrogen-bond acceptors (Lipinski definition) is 5. The summed E-state index contributed by atoms with van der Waals surface area (Å²) in [6, 6.07) is 17.7. The van der Waals surface area contributed by atoms with Crippen molar-refractivity contribution in [3.63, 3.8) is 0 Å². The Morgan fingerprint density at radius 3 is 2.52 bits per heavy atom. The largest absolute Gasteiger partial charge is 0.504 e. The highest BCUT2D eigenvalue weighted by atomic mass is 16.7. The second-order valence-electron chi connectivity index (χ2n) is 8.97. The highest BCUT2D eigenvalue weighted by Gasteiger charge is 2.41. The van der Waals surface area contributed by atoms with E-state index in [1.807, 2.05) is 50.2 Å². The second kappa shape index (κ2) is 6.58. The van der Waals surface area contributed by atoms with Gasteiger partial charge in [-0.2, -0.15) is 0 Å². The van der Waals surface area contributed by atoms with Gasteiger partial charge in [0.15, 0.2) is 23.0 Å². The quantitative estimate of drug-likeness (QED) is 0.642. The van der Waals surface area contributed by atoms with Crippen molar-refractivity contribution in [2.45, 2.75) is 51.1 Å². The molecule has 0 saturated carbocycles. The Morgan fingerprint density at radius 1 is 0.935 bits per heavy atom. The third kappa shape index (κ3) is 3.16. The molecule has 31 heavy (non-hydrogen) atoms. The lowest BCUT2D eigenvalue weighted by atomic mass is 9.89. The van der Waals surface area contributed by atoms with Gasteiger partial charge in [0, 0.05) is 32.3 Å². The van der Waals surface area contributed by atoms with Crippen LogP contribution >= 0.6 is 0 Å². The molecular weight excluding hydrogens is 392 g/mol. The van der Waals surface area contributed by atoms with Gasteiger partial charge in [0.1, 0.15) is 18.5 Å². The number of benzene rings is 3. The number of phenolic OH excluding ortho intramolecular Hbond substituents is 1. The molecule has 2 unspecified atom stereocenters. The van der Waals surface area contributed by atoms with Crippen molar-refractivity contribution < 1.29 is 24.1 Å². The van der Waals surface area contributed by atoms with Crippen LogP contribution < -0.4 is 18.9 Å². The molecule has 6 rings (SSSR count). The molecule has 2 aliphatic heterocycles. The first-order valence-corrected chi connectivity index (χ1v) is 10.7. The second-order valence-corrected chi connectivity index (χ2v) is 8.97. The molecule has 0 amide bonds. The molecule has 3 aromatic rings. The van der Waals surface area contributed by atoms with E-state index >= 15 is 0 Å². The predicted octanol–water partition coefficient (Wildman–Crippen LogP) is 5.12. The fourth-order valence-electron chi connectivity index (χ4n) is 4.89. The van der Waals surface area contributed by atoms with E-state index in [9.17, 15) is 5.11 Å². The van der Waals surface area contributed by atoms with Gasteiger partial charge in [0.25, 0.3) is 0 Å². The SMILES string of the molecule is CC1(C)Oc2cc3c(cc2O1)C1Cc2cc(O)c(OCc4ccccc4)cc2OC1C3. The molecule has 0 saturated heterocycles. The Morgan fingerprint density at radius 2 is 1.71 bits per heavy atom. The standard InChI is InChI=1S/C26H24O5/c1-26(2)30-24-11-16-10-22-19(18(16)12-25(24)31-26)8-17-9-20(27)23(13-21(17)29-22)28-14-15-6-4-3-5-7-15/h3-7,9,11-13,19,22,27H,8,10,14H2,1-2H3. The minimum atomic E-state index is -0.631. The van der Waals surface area contributed by atoms with Crippen molar-refractivity contribution in [3.05, 3.63) is 76.9 Å². The lowest BCUT2D eigenvalue weighted by Gasteiger charge is -2.30. The molecule has 0 aromatic heterocycles. The van der Waals surface area contributed by atoms with Gasteiger partial charge in [-0.15, -0.1) is 0 Å². The zero-order valence-corrected chi connectivity index (χ0v) is 17.6. The summed E-state index contributed by atoms with van der Waals surface area (Å²) in [6.07, 6.45) is 1.70. The molecule has 5 heteroatoms. The lowest BCUT2D eigenvalue weighted by Crippen LogP contribution is -2.30. The molecule has 2 heterocycles. The number of fused-ring (bicyclic) bond motifs is 5. The van der Waals surface area contributed by atoms with E-state index in [0.29, 0.717) is 12.4 Å². The van der Waals surface area contributed by atoms with Crippen LogP contribution in [0.15, 0.2) is 54.6 Å². The summed E-state index contributed by atoms with van der Waals surface area (Å²) in [6.45, 7) is 4.23. The van der Waals surface area contributed by atoms with Crippen LogP contribution in [0.5, 0.6) is 28.7 Å². The number of hydrogen-bond donors (Lipinski definition) is 1. The summed E-state index contributed by atoms with van der Waals surface area (Å²) in [5, 5.41) is 10.5. The van der Waals surface area contributed by atoms with E-state index in [1.54, 1.807) is 6.07 Å². The summed E-state index contributed by atoms with van der Waals surface area (Å²) in [7, 11) is 0. The summed E-state index contributed by atoms with van der Waals surface area (Å²) in [4.78, 5) is 0. The first kappa shape index (κ1) is 18.4. The van der Waals surface area contributed by atoms with E-state index in [1.165, 1.54) is 11.1 Å². The van der Waals surface area contributed by atoms with Gasteiger partial charge in [-0.3, -0.25) is 0 Å². The van der Waals surface area contributed by atoms with Gasteiger partial charge >= 0.3 is 0 Å². The van der Waals surface area contributed by atoms with E-state index in [0.717, 1.165) is 41.2 Å². The molecule has 0 radical (unpaired) electrons. The maximum absolute atomic E-state index is 10.5. The lowest BCUT2D eigenvalue weighted by molar-refractivity contribution is -0.0432. The molecule has 1 N–H and O–H groups in total. The Balaban J connectivity index is 1.26. The van der Waals surface area contributed by atoms with E-state index < -0.39 is 5.79 Å². The Hall–Kier alpha value is -3.34. The van der Waals surface area contributed by atoms with Gasteiger partial charge in [0.05, 0.1) is 0 Å². The molecular formula is C26H24O5. The highest BCUT2D eigenvalue weighted by Crippen LogP contribution is 2.50. The molecule has 0 bridgehead atoms. The Kier molecular flexibility index (Phi) is 3.91. The van der Waals surface area contributed by atoms with E-state index in [-0.39, 0.29) is 17.8 Å². The van der Waals surface area contributed by atoms with Crippen LogP contribution in [0.3, 0.4) is 0 Å². The topological polar surface area (TPSA) is 57.2 Å². The average Bonchev–Trinajstić information content (AvgIpc) is 3.23. The molecule has 0 fully saturated rings. The van der Waals surface area contributed by atoms with Crippen molar-refractivity contribution in [1.29, 1.82) is 0 Å². The fraction of sp³-hybridized carbons (Fsp3) is 0.308. The van der Waals surface area contributed by atoms with Crippen molar-refractivity contribution in [1.82, 2.24) is 0 Å². The first-order chi connectivity index (χ1) is 14.9. The van der Waals surface area contributed by atoms with Crippen molar-refractivity contribution in [3.8, 4) is 28.7 Å². The number of rotatable bonds is 3. The number of ether oxygens (including phenoxy) is 4. The summed E-state index contributed by atoms with van der Waals surface area (Å²) in [5.41, 5.74) is 4.54. The summed E-state index contributed by atoms with van der Waals surface area (Å²) in [5.74, 6) is 2.57. The molecule has 158 valence electrons. The maximum Gasteiger partial charge on any atom is 0.246 e. The zero-order chi connectivity index (χ0) is 21.2. The third-order valence-electron chi connectivity index (χ3n) is 6.28. The molecule has 0 spiro atoms. The fourth-order valence-corrected chi connectivity index (χ4v) is 4.89. The van der Waals surface area contributed by atoms with Crippen LogP contribution in [-0.2, 0) is 19.4 Å². The van der Waals surface area contributed by atoms with Crippen molar-refractivity contribution in [2.75, 3.05) is 0 Å². The van der Waals surface area contributed by atoms with Crippen molar-refractivity contribution in [2.24, 2.45) is 0 Å². The summed E-state index contributed by atoms with van der Waals surface area (Å²) >= 11 is 0.